The number of hydrogen-bond donors (Lipinski definition) is 1. The van der Waals surface area contributed by atoms with Crippen LogP contribution in [0.5, 0.6) is 0 Å². The van der Waals surface area contributed by atoms with Gasteiger partial charge >= 0.3 is 12.2 Å². The molecule has 0 aliphatic carbocycles. The second-order valence-electron chi connectivity index (χ2n) is 7.31. The largest absolute Gasteiger partial charge is 0.416 e. The van der Waals surface area contributed by atoms with Crippen molar-refractivity contribution in [1.29, 1.82) is 0 Å². The van der Waals surface area contributed by atoms with Crippen molar-refractivity contribution in [1.82, 2.24) is 10.3 Å². The molecule has 0 spiro atoms. The zero-order valence-corrected chi connectivity index (χ0v) is 16.8. The third kappa shape index (κ3) is 4.42. The van der Waals surface area contributed by atoms with Gasteiger partial charge in [-0.05, 0) is 49.3 Å². The molecule has 1 unspecified atom stereocenters. The van der Waals surface area contributed by atoms with Crippen LogP contribution in [0.15, 0.2) is 76.9 Å². The van der Waals surface area contributed by atoms with Gasteiger partial charge in [0, 0.05) is 5.56 Å². The molecule has 2 aromatic carbocycles. The van der Waals surface area contributed by atoms with Gasteiger partial charge in [0.25, 0.3) is 0 Å². The van der Waals surface area contributed by atoms with Crippen LogP contribution in [0.1, 0.15) is 29.2 Å². The lowest BCUT2D eigenvalue weighted by atomic mass is 10.0. The molecule has 5 nitrogen and oxygen atoms in total. The number of allylic oxidation sites excluding steroid dienone is 3. The first kappa shape index (κ1) is 20.6. The zero-order chi connectivity index (χ0) is 22.2. The fourth-order valence-electron chi connectivity index (χ4n) is 3.26. The number of hydrazone groups is 1. The summed E-state index contributed by atoms with van der Waals surface area (Å²) in [5, 5.41) is 8.65. The number of amides is 2. The quantitative estimate of drug-likeness (QED) is 0.726. The number of benzene rings is 2. The molecule has 2 amide bonds. The third-order valence-corrected chi connectivity index (χ3v) is 4.93. The van der Waals surface area contributed by atoms with Crippen molar-refractivity contribution in [2.45, 2.75) is 26.2 Å². The highest BCUT2D eigenvalue weighted by molar-refractivity contribution is 6.07. The highest BCUT2D eigenvalue weighted by atomic mass is 19.4. The van der Waals surface area contributed by atoms with Crippen molar-refractivity contribution >= 4 is 23.2 Å². The summed E-state index contributed by atoms with van der Waals surface area (Å²) in [6.45, 7) is 3.77. The van der Waals surface area contributed by atoms with Crippen molar-refractivity contribution in [2.24, 2.45) is 10.1 Å². The Morgan fingerprint density at radius 2 is 1.58 bits per heavy atom. The summed E-state index contributed by atoms with van der Waals surface area (Å²) < 4.78 is 38.6. The second kappa shape index (κ2) is 7.86. The Morgan fingerprint density at radius 1 is 0.935 bits per heavy atom. The van der Waals surface area contributed by atoms with Crippen LogP contribution in [0.2, 0.25) is 0 Å². The van der Waals surface area contributed by atoms with E-state index in [0.29, 0.717) is 11.3 Å². The number of aliphatic imine (C=N–C) groups is 1. The average molecular weight is 424 g/mol. The van der Waals surface area contributed by atoms with Crippen LogP contribution in [0.25, 0.3) is 5.57 Å². The number of alkyl halides is 3. The van der Waals surface area contributed by atoms with Crippen molar-refractivity contribution < 1.29 is 18.0 Å². The number of urea groups is 1. The minimum absolute atomic E-state index is 0.192. The highest BCUT2D eigenvalue weighted by Crippen LogP contribution is 2.29. The van der Waals surface area contributed by atoms with Crippen molar-refractivity contribution in [3.05, 3.63) is 89.0 Å². The van der Waals surface area contributed by atoms with E-state index in [0.717, 1.165) is 28.8 Å². The van der Waals surface area contributed by atoms with E-state index in [4.69, 9.17) is 0 Å². The fraction of sp³-hybridized carbons (Fsp3) is 0.174. The Bertz CT molecular complexity index is 1130. The van der Waals surface area contributed by atoms with E-state index in [1.54, 1.807) is 6.92 Å². The summed E-state index contributed by atoms with van der Waals surface area (Å²) in [7, 11) is 0. The topological polar surface area (TPSA) is 57.1 Å². The Morgan fingerprint density at radius 3 is 2.23 bits per heavy atom. The van der Waals surface area contributed by atoms with Gasteiger partial charge in [-0.2, -0.15) is 28.3 Å². The van der Waals surface area contributed by atoms with E-state index in [2.05, 4.69) is 15.4 Å². The molecule has 0 radical (unpaired) electrons. The number of carbonyl (C=O) groups is 1. The monoisotopic (exact) mass is 424 g/mol. The molecule has 31 heavy (non-hydrogen) atoms. The lowest BCUT2D eigenvalue weighted by Gasteiger charge is -2.31. The van der Waals surface area contributed by atoms with Gasteiger partial charge in [0.2, 0.25) is 0 Å². The van der Waals surface area contributed by atoms with Gasteiger partial charge < -0.3 is 5.32 Å². The summed E-state index contributed by atoms with van der Waals surface area (Å²) in [6.07, 6.45) is 0.476. The van der Waals surface area contributed by atoms with Gasteiger partial charge in [-0.15, -0.1) is 0 Å². The first-order valence-corrected chi connectivity index (χ1v) is 9.59. The van der Waals surface area contributed by atoms with Gasteiger partial charge in [-0.25, -0.2) is 4.79 Å². The molecule has 2 aliphatic rings. The predicted octanol–water partition coefficient (Wildman–Crippen LogP) is 5.14. The van der Waals surface area contributed by atoms with E-state index in [9.17, 15) is 18.0 Å². The van der Waals surface area contributed by atoms with Crippen molar-refractivity contribution in [3.63, 3.8) is 0 Å². The molecule has 0 saturated heterocycles. The number of carbonyl (C=O) groups excluding carboxylic acids is 1. The summed E-state index contributed by atoms with van der Waals surface area (Å²) in [6, 6.07) is 11.9. The van der Waals surface area contributed by atoms with Crippen LogP contribution >= 0.6 is 0 Å². The van der Waals surface area contributed by atoms with Crippen LogP contribution in [-0.2, 0) is 6.18 Å². The molecule has 1 atom stereocenters. The van der Waals surface area contributed by atoms with E-state index in [1.807, 2.05) is 49.4 Å². The van der Waals surface area contributed by atoms with Crippen LogP contribution in [0.4, 0.5) is 18.0 Å². The Kier molecular flexibility index (Phi) is 5.22. The molecule has 2 aliphatic heterocycles. The maximum Gasteiger partial charge on any atom is 0.416 e. The number of halogens is 3. The molecule has 8 heteroatoms. The van der Waals surface area contributed by atoms with Gasteiger partial charge in [0.05, 0.1) is 11.3 Å². The summed E-state index contributed by atoms with van der Waals surface area (Å²) in [4.78, 5) is 16.7. The minimum atomic E-state index is -4.43. The fourth-order valence-corrected chi connectivity index (χ4v) is 3.26. The average Bonchev–Trinajstić information content (AvgIpc) is 2.72. The summed E-state index contributed by atoms with van der Waals surface area (Å²) in [5.74, 6) is 0.192. The minimum Gasteiger partial charge on any atom is -0.344 e. The number of fused-ring (bicyclic) bond motifs is 1. The second-order valence-corrected chi connectivity index (χ2v) is 7.31. The number of nitrogens with one attached hydrogen (secondary N) is 1. The Hall–Kier alpha value is -3.68. The smallest absolute Gasteiger partial charge is 0.344 e. The number of hydrogen-bond acceptors (Lipinski definition) is 3. The first-order chi connectivity index (χ1) is 14.7. The molecule has 0 saturated carbocycles. The third-order valence-electron chi connectivity index (χ3n) is 4.93. The number of amidine groups is 1. The normalized spacial score (nSPS) is 23.3. The zero-order valence-electron chi connectivity index (χ0n) is 16.8. The first-order valence-electron chi connectivity index (χ1n) is 9.59. The molecule has 0 fully saturated rings. The van der Waals surface area contributed by atoms with Crippen LogP contribution in [0.3, 0.4) is 0 Å². The van der Waals surface area contributed by atoms with E-state index < -0.39 is 23.9 Å². The predicted molar refractivity (Wildman–Crippen MR) is 114 cm³/mol. The maximum absolute atomic E-state index is 12.9. The molecule has 1 N–H and O–H groups in total. The van der Waals surface area contributed by atoms with Gasteiger partial charge in [0.1, 0.15) is 12.0 Å². The summed E-state index contributed by atoms with van der Waals surface area (Å²) >= 11 is 0. The van der Waals surface area contributed by atoms with E-state index in [1.165, 1.54) is 17.1 Å². The Balaban J connectivity index is 1.71. The van der Waals surface area contributed by atoms with Gasteiger partial charge in [-0.1, -0.05) is 48.0 Å². The SMILES string of the molecule is CC1=N/N2C(=O)N=C(c3ccc(C(F)(F)F)cc3)NC2/C=C(c2ccc(C)cc2)/C=C\1. The van der Waals surface area contributed by atoms with E-state index in [-0.39, 0.29) is 5.84 Å². The molecule has 0 bridgehead atoms. The van der Waals surface area contributed by atoms with E-state index >= 15 is 0 Å². The van der Waals surface area contributed by atoms with Crippen LogP contribution in [0, 0.1) is 6.92 Å². The molecule has 0 aromatic heterocycles. The molecule has 4 rings (SSSR count). The van der Waals surface area contributed by atoms with Crippen molar-refractivity contribution in [2.75, 3.05) is 0 Å². The maximum atomic E-state index is 12.9. The number of nitrogens with zero attached hydrogens (tertiary/aromatic N) is 3. The van der Waals surface area contributed by atoms with Gasteiger partial charge in [-0.3, -0.25) is 0 Å². The standard InChI is InChI=1S/C23H19F3N4O/c1-14-3-6-16(7-4-14)18-8-5-15(2)29-30-20(13-18)27-21(28-22(30)31)17-9-11-19(12-10-17)23(24,25)26/h3-13,20H,1-2H3,(H,27,28,31)/b8-5-,18-13-,29-15-. The Labute approximate surface area is 177 Å². The van der Waals surface area contributed by atoms with Crippen molar-refractivity contribution in [3.8, 4) is 0 Å². The number of aryl methyl sites for hydroxylation is 1. The molecule has 2 aromatic rings. The lowest BCUT2D eigenvalue weighted by Crippen LogP contribution is -2.51. The van der Waals surface area contributed by atoms with Crippen LogP contribution in [-0.4, -0.2) is 28.8 Å². The molecule has 2 heterocycles. The molecule has 158 valence electrons. The molecular formula is C23H19F3N4O. The molecular weight excluding hydrogens is 405 g/mol. The summed E-state index contributed by atoms with van der Waals surface area (Å²) in [5.41, 5.74) is 3.19. The highest BCUT2D eigenvalue weighted by Gasteiger charge is 2.32. The lowest BCUT2D eigenvalue weighted by molar-refractivity contribution is -0.137. The number of rotatable bonds is 2. The van der Waals surface area contributed by atoms with Gasteiger partial charge in [0.15, 0.2) is 0 Å². The van der Waals surface area contributed by atoms with Crippen LogP contribution < -0.4 is 5.32 Å².